The van der Waals surface area contributed by atoms with Gasteiger partial charge in [0.05, 0.1) is 10.6 Å². The molecule has 60 valence electrons. The van der Waals surface area contributed by atoms with E-state index >= 15 is 0 Å². The van der Waals surface area contributed by atoms with Crippen LogP contribution in [-0.4, -0.2) is 5.11 Å². The number of rotatable bonds is 1. The minimum absolute atomic E-state index is 0.319. The van der Waals surface area contributed by atoms with Gasteiger partial charge in [0.2, 0.25) is 0 Å². The predicted octanol–water partition coefficient (Wildman–Crippen LogP) is 2.64. The third kappa shape index (κ3) is 1.79. The average molecular weight is 219 g/mol. The van der Waals surface area contributed by atoms with Crippen molar-refractivity contribution >= 4 is 15.9 Å². The van der Waals surface area contributed by atoms with Crippen molar-refractivity contribution in [2.45, 2.75) is 13.0 Å². The van der Waals surface area contributed by atoms with Crippen molar-refractivity contribution < 1.29 is 9.50 Å². The third-order valence-corrected chi connectivity index (χ3v) is 2.04. The van der Waals surface area contributed by atoms with Gasteiger partial charge in [0, 0.05) is 5.56 Å². The Morgan fingerprint density at radius 1 is 1.55 bits per heavy atom. The molecule has 1 nitrogen and oxygen atoms in total. The van der Waals surface area contributed by atoms with Gasteiger partial charge in [-0.3, -0.25) is 0 Å². The zero-order valence-electron chi connectivity index (χ0n) is 6.01. The number of aliphatic hydroxyl groups is 1. The van der Waals surface area contributed by atoms with Gasteiger partial charge in [-0.2, -0.15) is 0 Å². The maximum atomic E-state index is 13.0. The highest BCUT2D eigenvalue weighted by Gasteiger charge is 2.09. The van der Waals surface area contributed by atoms with Gasteiger partial charge in [0.1, 0.15) is 5.82 Å². The summed E-state index contributed by atoms with van der Waals surface area (Å²) in [5, 5.41) is 9.07. The lowest BCUT2D eigenvalue weighted by Crippen LogP contribution is -1.95. The molecule has 0 amide bonds. The quantitative estimate of drug-likeness (QED) is 0.769. The van der Waals surface area contributed by atoms with Crippen LogP contribution in [0.15, 0.2) is 22.7 Å². The highest BCUT2D eigenvalue weighted by Crippen LogP contribution is 2.22. The maximum Gasteiger partial charge on any atom is 0.143 e. The number of hydrogen-bond acceptors (Lipinski definition) is 1. The van der Waals surface area contributed by atoms with Gasteiger partial charge in [0.25, 0.3) is 0 Å². The lowest BCUT2D eigenvalue weighted by Gasteiger charge is -2.06. The van der Waals surface area contributed by atoms with Crippen LogP contribution in [0.25, 0.3) is 0 Å². The number of hydrogen-bond donors (Lipinski definition) is 1. The average Bonchev–Trinajstić information content (AvgIpc) is 1.94. The number of aliphatic hydroxyl groups excluding tert-OH is 1. The van der Waals surface area contributed by atoms with Crippen molar-refractivity contribution in [3.05, 3.63) is 34.1 Å². The molecule has 0 fully saturated rings. The molecule has 0 spiro atoms. The molecule has 1 aromatic rings. The molecule has 0 aliphatic heterocycles. The molecule has 1 atom stereocenters. The lowest BCUT2D eigenvalue weighted by molar-refractivity contribution is 0.194. The van der Waals surface area contributed by atoms with Crippen molar-refractivity contribution in [1.29, 1.82) is 0 Å². The van der Waals surface area contributed by atoms with Crippen LogP contribution in [0, 0.1) is 5.82 Å². The molecule has 0 aliphatic rings. The van der Waals surface area contributed by atoms with Crippen LogP contribution in [0.1, 0.15) is 18.6 Å². The second-order valence-electron chi connectivity index (χ2n) is 2.32. The van der Waals surface area contributed by atoms with Crippen molar-refractivity contribution in [3.63, 3.8) is 0 Å². The SMILES string of the molecule is C[C@H](O)c1cccc(Br)c1F. The van der Waals surface area contributed by atoms with Gasteiger partial charge >= 0.3 is 0 Å². The topological polar surface area (TPSA) is 20.2 Å². The van der Waals surface area contributed by atoms with E-state index in [4.69, 9.17) is 5.11 Å². The Morgan fingerprint density at radius 3 is 2.64 bits per heavy atom. The summed E-state index contributed by atoms with van der Waals surface area (Å²) in [6.07, 6.45) is -0.757. The van der Waals surface area contributed by atoms with E-state index in [1.807, 2.05) is 0 Å². The first kappa shape index (κ1) is 8.68. The molecule has 0 heterocycles. The molecule has 0 aliphatic carbocycles. The fraction of sp³-hybridized carbons (Fsp3) is 0.250. The molecule has 1 N–H and O–H groups in total. The van der Waals surface area contributed by atoms with E-state index in [1.165, 1.54) is 6.92 Å². The molecule has 0 saturated heterocycles. The van der Waals surface area contributed by atoms with E-state index in [9.17, 15) is 4.39 Å². The molecular formula is C8H8BrFO. The Bertz CT molecular complexity index is 260. The molecule has 1 aromatic carbocycles. The normalized spacial score (nSPS) is 13.1. The monoisotopic (exact) mass is 218 g/mol. The number of benzene rings is 1. The smallest absolute Gasteiger partial charge is 0.143 e. The first-order chi connectivity index (χ1) is 5.13. The predicted molar refractivity (Wildman–Crippen MR) is 44.7 cm³/mol. The minimum Gasteiger partial charge on any atom is -0.389 e. The van der Waals surface area contributed by atoms with Gasteiger partial charge in [0.15, 0.2) is 0 Å². The fourth-order valence-corrected chi connectivity index (χ4v) is 1.22. The van der Waals surface area contributed by atoms with Crippen LogP contribution in [0.2, 0.25) is 0 Å². The highest BCUT2D eigenvalue weighted by molar-refractivity contribution is 9.10. The van der Waals surface area contributed by atoms with Crippen molar-refractivity contribution in [1.82, 2.24) is 0 Å². The molecular weight excluding hydrogens is 211 g/mol. The second-order valence-corrected chi connectivity index (χ2v) is 3.17. The largest absolute Gasteiger partial charge is 0.389 e. The van der Waals surface area contributed by atoms with Gasteiger partial charge < -0.3 is 5.11 Å². The van der Waals surface area contributed by atoms with E-state index in [-0.39, 0.29) is 5.82 Å². The van der Waals surface area contributed by atoms with E-state index in [1.54, 1.807) is 18.2 Å². The summed E-state index contributed by atoms with van der Waals surface area (Å²) in [7, 11) is 0. The molecule has 0 unspecified atom stereocenters. The first-order valence-electron chi connectivity index (χ1n) is 3.25. The van der Waals surface area contributed by atoms with E-state index in [0.717, 1.165) is 0 Å². The summed E-state index contributed by atoms with van der Waals surface area (Å²) >= 11 is 3.03. The van der Waals surface area contributed by atoms with Crippen LogP contribution in [-0.2, 0) is 0 Å². The Labute approximate surface area is 73.0 Å². The van der Waals surface area contributed by atoms with Gasteiger partial charge in [-0.15, -0.1) is 0 Å². The van der Waals surface area contributed by atoms with Gasteiger partial charge in [-0.25, -0.2) is 4.39 Å². The van der Waals surface area contributed by atoms with E-state index in [0.29, 0.717) is 10.0 Å². The minimum atomic E-state index is -0.757. The zero-order valence-corrected chi connectivity index (χ0v) is 7.60. The van der Waals surface area contributed by atoms with Crippen LogP contribution in [0.3, 0.4) is 0 Å². The first-order valence-corrected chi connectivity index (χ1v) is 4.04. The molecule has 0 saturated carbocycles. The molecule has 0 aromatic heterocycles. The van der Waals surface area contributed by atoms with Crippen molar-refractivity contribution in [2.24, 2.45) is 0 Å². The van der Waals surface area contributed by atoms with Gasteiger partial charge in [-0.1, -0.05) is 12.1 Å². The van der Waals surface area contributed by atoms with E-state index < -0.39 is 6.10 Å². The Hall–Kier alpha value is -0.410. The van der Waals surface area contributed by atoms with Gasteiger partial charge in [-0.05, 0) is 28.9 Å². The standard InChI is InChI=1S/C8H8BrFO/c1-5(11)6-3-2-4-7(9)8(6)10/h2-5,11H,1H3/t5-/m0/s1. The maximum absolute atomic E-state index is 13.0. The number of halogens is 2. The Balaban J connectivity index is 3.17. The van der Waals surface area contributed by atoms with E-state index in [2.05, 4.69) is 15.9 Å². The summed E-state index contributed by atoms with van der Waals surface area (Å²) in [4.78, 5) is 0. The summed E-state index contributed by atoms with van der Waals surface area (Å²) < 4.78 is 13.4. The second kappa shape index (κ2) is 3.32. The van der Waals surface area contributed by atoms with Crippen LogP contribution >= 0.6 is 15.9 Å². The zero-order chi connectivity index (χ0) is 8.43. The summed E-state index contributed by atoms with van der Waals surface area (Å²) in [5.41, 5.74) is 0.319. The summed E-state index contributed by atoms with van der Waals surface area (Å²) in [6, 6.07) is 4.85. The molecule has 1 rings (SSSR count). The summed E-state index contributed by atoms with van der Waals surface area (Å²) in [6.45, 7) is 1.53. The molecule has 0 radical (unpaired) electrons. The fourth-order valence-electron chi connectivity index (χ4n) is 0.843. The third-order valence-electron chi connectivity index (χ3n) is 1.43. The van der Waals surface area contributed by atoms with Crippen LogP contribution < -0.4 is 0 Å². The van der Waals surface area contributed by atoms with Crippen LogP contribution in [0.4, 0.5) is 4.39 Å². The molecule has 3 heteroatoms. The lowest BCUT2D eigenvalue weighted by atomic mass is 10.1. The molecule has 0 bridgehead atoms. The summed E-state index contributed by atoms with van der Waals surface area (Å²) in [5.74, 6) is -0.387. The van der Waals surface area contributed by atoms with Crippen LogP contribution in [0.5, 0.6) is 0 Å². The Kier molecular flexibility index (Phi) is 2.62. The highest BCUT2D eigenvalue weighted by atomic mass is 79.9. The van der Waals surface area contributed by atoms with Crippen molar-refractivity contribution in [3.8, 4) is 0 Å². The van der Waals surface area contributed by atoms with Crippen molar-refractivity contribution in [2.75, 3.05) is 0 Å². The Morgan fingerprint density at radius 2 is 2.18 bits per heavy atom. The molecule has 11 heavy (non-hydrogen) atoms.